The molecule has 0 aliphatic rings. The second-order valence-electron chi connectivity index (χ2n) is 6.72. The first-order chi connectivity index (χ1) is 10.2. The number of alkyl carbamates (subject to hydrolysis) is 1. The van der Waals surface area contributed by atoms with E-state index in [0.717, 1.165) is 16.6 Å². The highest BCUT2D eigenvalue weighted by atomic mass is 16.6. The van der Waals surface area contributed by atoms with Gasteiger partial charge in [0.1, 0.15) is 11.2 Å². The second kappa shape index (κ2) is 5.96. The average Bonchev–Trinajstić information content (AvgIpc) is 2.87. The Morgan fingerprint density at radius 1 is 1.41 bits per heavy atom. The van der Waals surface area contributed by atoms with Gasteiger partial charge >= 0.3 is 6.09 Å². The molecule has 1 amide bonds. The van der Waals surface area contributed by atoms with Crippen LogP contribution in [0.25, 0.3) is 11.0 Å². The molecule has 4 N–H and O–H groups in total. The molecule has 22 heavy (non-hydrogen) atoms. The first kappa shape index (κ1) is 16.3. The number of fused-ring (bicyclic) bond motifs is 1. The van der Waals surface area contributed by atoms with Gasteiger partial charge in [-0.3, -0.25) is 0 Å². The third-order valence-corrected chi connectivity index (χ3v) is 3.57. The zero-order valence-corrected chi connectivity index (χ0v) is 13.6. The number of hydrogen-bond acceptors (Lipinski definition) is 4. The van der Waals surface area contributed by atoms with Crippen LogP contribution >= 0.6 is 0 Å². The second-order valence-corrected chi connectivity index (χ2v) is 6.72. The first-order valence-electron chi connectivity index (χ1n) is 7.35. The lowest BCUT2D eigenvalue weighted by molar-refractivity contribution is 0.0516. The van der Waals surface area contributed by atoms with Crippen LogP contribution in [0.5, 0.6) is 0 Å². The molecule has 2 heterocycles. The van der Waals surface area contributed by atoms with Gasteiger partial charge in [0.05, 0.1) is 0 Å². The SMILES string of the molecule is CC(C)(C)OC(=O)NCC(C)(CN)c1c[nH]c2ncccc12. The number of ether oxygens (including phenoxy) is 1. The van der Waals surface area contributed by atoms with E-state index in [1.807, 2.05) is 46.0 Å². The van der Waals surface area contributed by atoms with Crippen LogP contribution in [-0.2, 0) is 10.2 Å². The van der Waals surface area contributed by atoms with Gasteiger partial charge in [0.15, 0.2) is 0 Å². The lowest BCUT2D eigenvalue weighted by Gasteiger charge is -2.29. The van der Waals surface area contributed by atoms with Crippen LogP contribution in [0.15, 0.2) is 24.5 Å². The summed E-state index contributed by atoms with van der Waals surface area (Å²) in [7, 11) is 0. The van der Waals surface area contributed by atoms with Gasteiger partial charge in [-0.15, -0.1) is 0 Å². The molecule has 0 radical (unpaired) electrons. The summed E-state index contributed by atoms with van der Waals surface area (Å²) in [6.07, 6.45) is 3.20. The average molecular weight is 304 g/mol. The smallest absolute Gasteiger partial charge is 0.407 e. The molecule has 0 fully saturated rings. The van der Waals surface area contributed by atoms with E-state index in [-0.39, 0.29) is 0 Å². The Bertz CT molecular complexity index is 659. The van der Waals surface area contributed by atoms with Crippen LogP contribution in [-0.4, -0.2) is 34.8 Å². The number of pyridine rings is 1. The molecular formula is C16H24N4O2. The van der Waals surface area contributed by atoms with Crippen LogP contribution in [0, 0.1) is 0 Å². The van der Waals surface area contributed by atoms with Gasteiger partial charge in [0, 0.05) is 36.3 Å². The fourth-order valence-corrected chi connectivity index (χ4v) is 2.31. The number of nitrogens with one attached hydrogen (secondary N) is 2. The summed E-state index contributed by atoms with van der Waals surface area (Å²) < 4.78 is 5.27. The molecule has 0 bridgehead atoms. The zero-order valence-electron chi connectivity index (χ0n) is 13.6. The van der Waals surface area contributed by atoms with Gasteiger partial charge in [-0.2, -0.15) is 0 Å². The third-order valence-electron chi connectivity index (χ3n) is 3.57. The number of aromatic nitrogens is 2. The molecule has 0 spiro atoms. The first-order valence-corrected chi connectivity index (χ1v) is 7.35. The van der Waals surface area contributed by atoms with Crippen molar-refractivity contribution in [2.75, 3.05) is 13.1 Å². The molecule has 2 aromatic rings. The number of aromatic amines is 1. The van der Waals surface area contributed by atoms with E-state index < -0.39 is 17.1 Å². The van der Waals surface area contributed by atoms with E-state index in [9.17, 15) is 4.79 Å². The molecule has 0 aliphatic carbocycles. The Morgan fingerprint density at radius 3 is 2.77 bits per heavy atom. The summed E-state index contributed by atoms with van der Waals surface area (Å²) in [5, 5.41) is 3.82. The highest BCUT2D eigenvalue weighted by Gasteiger charge is 2.29. The molecule has 120 valence electrons. The quantitative estimate of drug-likeness (QED) is 0.808. The van der Waals surface area contributed by atoms with E-state index in [1.165, 1.54) is 0 Å². The minimum absolute atomic E-state index is 0.389. The lowest BCUT2D eigenvalue weighted by atomic mass is 9.82. The van der Waals surface area contributed by atoms with Crippen molar-refractivity contribution in [3.63, 3.8) is 0 Å². The van der Waals surface area contributed by atoms with Crippen molar-refractivity contribution in [1.82, 2.24) is 15.3 Å². The predicted octanol–water partition coefficient (Wildman–Crippen LogP) is 2.30. The maximum Gasteiger partial charge on any atom is 0.407 e. The largest absolute Gasteiger partial charge is 0.444 e. The number of nitrogens with zero attached hydrogens (tertiary/aromatic N) is 1. The summed E-state index contributed by atoms with van der Waals surface area (Å²) in [6, 6.07) is 3.88. The number of carbonyl (C=O) groups is 1. The standard InChI is InChI=1S/C16H24N4O2/c1-15(2,3)22-14(21)20-10-16(4,9-17)12-8-19-13-11(12)6-5-7-18-13/h5-8H,9-10,17H2,1-4H3,(H,18,19)(H,20,21). The summed E-state index contributed by atoms with van der Waals surface area (Å²) in [6.45, 7) is 8.30. The Balaban J connectivity index is 2.17. The zero-order chi connectivity index (χ0) is 16.4. The van der Waals surface area contributed by atoms with Gasteiger partial charge < -0.3 is 20.8 Å². The van der Waals surface area contributed by atoms with Crippen LogP contribution in [0.3, 0.4) is 0 Å². The van der Waals surface area contributed by atoms with Crippen LogP contribution < -0.4 is 11.1 Å². The topological polar surface area (TPSA) is 93.0 Å². The molecular weight excluding hydrogens is 280 g/mol. The fraction of sp³-hybridized carbons (Fsp3) is 0.500. The van der Waals surface area contributed by atoms with Gasteiger partial charge in [0.2, 0.25) is 0 Å². The lowest BCUT2D eigenvalue weighted by Crippen LogP contribution is -2.45. The Hall–Kier alpha value is -2.08. The highest BCUT2D eigenvalue weighted by Crippen LogP contribution is 2.28. The number of carbonyl (C=O) groups excluding carboxylic acids is 1. The summed E-state index contributed by atoms with van der Waals surface area (Å²) in [5.74, 6) is 0. The van der Waals surface area contributed by atoms with E-state index in [4.69, 9.17) is 10.5 Å². The van der Waals surface area contributed by atoms with Crippen molar-refractivity contribution in [3.05, 3.63) is 30.1 Å². The number of H-pyrrole nitrogens is 1. The van der Waals surface area contributed by atoms with Crippen LogP contribution in [0.1, 0.15) is 33.3 Å². The summed E-state index contributed by atoms with van der Waals surface area (Å²) in [5.41, 5.74) is 6.90. The van der Waals surface area contributed by atoms with Gasteiger partial charge in [-0.25, -0.2) is 9.78 Å². The van der Waals surface area contributed by atoms with E-state index >= 15 is 0 Å². The molecule has 6 heteroatoms. The van der Waals surface area contributed by atoms with Gasteiger partial charge in [-0.1, -0.05) is 6.92 Å². The molecule has 1 unspecified atom stereocenters. The third kappa shape index (κ3) is 3.57. The number of amides is 1. The van der Waals surface area contributed by atoms with Crippen molar-refractivity contribution in [2.24, 2.45) is 5.73 Å². The highest BCUT2D eigenvalue weighted by molar-refractivity contribution is 5.81. The normalized spacial score (nSPS) is 14.6. The molecule has 6 nitrogen and oxygen atoms in total. The van der Waals surface area contributed by atoms with Gasteiger partial charge in [0.25, 0.3) is 0 Å². The molecule has 0 saturated heterocycles. The molecule has 0 aromatic carbocycles. The van der Waals surface area contributed by atoms with Crippen molar-refractivity contribution in [1.29, 1.82) is 0 Å². The van der Waals surface area contributed by atoms with Crippen molar-refractivity contribution in [2.45, 2.75) is 38.7 Å². The Labute approximate surface area is 130 Å². The van der Waals surface area contributed by atoms with Crippen molar-refractivity contribution >= 4 is 17.1 Å². The van der Waals surface area contributed by atoms with Crippen molar-refractivity contribution in [3.8, 4) is 0 Å². The maximum absolute atomic E-state index is 11.9. The number of nitrogens with two attached hydrogens (primary N) is 1. The number of hydrogen-bond donors (Lipinski definition) is 3. The number of rotatable bonds is 4. The minimum Gasteiger partial charge on any atom is -0.444 e. The minimum atomic E-state index is -0.520. The van der Waals surface area contributed by atoms with E-state index in [1.54, 1.807) is 6.20 Å². The van der Waals surface area contributed by atoms with E-state index in [2.05, 4.69) is 15.3 Å². The molecule has 2 rings (SSSR count). The fourth-order valence-electron chi connectivity index (χ4n) is 2.31. The summed E-state index contributed by atoms with van der Waals surface area (Å²) >= 11 is 0. The molecule has 2 aromatic heterocycles. The predicted molar refractivity (Wildman–Crippen MR) is 86.7 cm³/mol. The Morgan fingerprint density at radius 2 is 2.14 bits per heavy atom. The van der Waals surface area contributed by atoms with Crippen LogP contribution in [0.4, 0.5) is 4.79 Å². The van der Waals surface area contributed by atoms with Crippen LogP contribution in [0.2, 0.25) is 0 Å². The Kier molecular flexibility index (Phi) is 4.42. The maximum atomic E-state index is 11.9. The summed E-state index contributed by atoms with van der Waals surface area (Å²) in [4.78, 5) is 19.3. The molecule has 1 atom stereocenters. The molecule has 0 aliphatic heterocycles. The molecule has 0 saturated carbocycles. The van der Waals surface area contributed by atoms with Gasteiger partial charge in [-0.05, 0) is 38.5 Å². The van der Waals surface area contributed by atoms with Crippen molar-refractivity contribution < 1.29 is 9.53 Å². The monoisotopic (exact) mass is 304 g/mol. The van der Waals surface area contributed by atoms with E-state index in [0.29, 0.717) is 13.1 Å².